The van der Waals surface area contributed by atoms with E-state index in [1.165, 1.54) is 75.2 Å². The summed E-state index contributed by atoms with van der Waals surface area (Å²) < 4.78 is 25.7. The first kappa shape index (κ1) is 46.1. The zero-order valence-electron chi connectivity index (χ0n) is 39.0. The highest BCUT2D eigenvalue weighted by atomic mass is 16.5. The molecule has 3 fully saturated rings. The second-order valence-electron chi connectivity index (χ2n) is 18.9. The van der Waals surface area contributed by atoms with Crippen LogP contribution in [0.15, 0.2) is 106 Å². The molecule has 3 aliphatic rings. The van der Waals surface area contributed by atoms with Gasteiger partial charge in [-0.25, -0.2) is 0 Å². The number of nitrogens with one attached hydrogen (secondary N) is 2. The van der Waals surface area contributed by atoms with Gasteiger partial charge in [0.2, 0.25) is 5.75 Å². The van der Waals surface area contributed by atoms with E-state index in [2.05, 4.69) is 52.5 Å². The van der Waals surface area contributed by atoms with Crippen molar-refractivity contribution in [3.63, 3.8) is 0 Å². The second kappa shape index (κ2) is 20.5. The lowest BCUT2D eigenvalue weighted by Gasteiger charge is -2.41. The molecule has 5 N–H and O–H groups in total. The predicted molar refractivity (Wildman–Crippen MR) is 266 cm³/mol. The molecule has 11 heteroatoms. The quantitative estimate of drug-likeness (QED) is 0.0528. The van der Waals surface area contributed by atoms with Crippen LogP contribution in [0.5, 0.6) is 23.0 Å². The number of piperazine rings is 1. The number of aromatic nitrogens is 1. The van der Waals surface area contributed by atoms with Crippen LogP contribution in [0.3, 0.4) is 0 Å². The van der Waals surface area contributed by atoms with Crippen molar-refractivity contribution in [2.75, 3.05) is 58.0 Å². The van der Waals surface area contributed by atoms with Crippen LogP contribution in [0.2, 0.25) is 0 Å². The molecule has 9 rings (SSSR count). The Morgan fingerprint density at radius 1 is 0.836 bits per heavy atom. The first-order valence-corrected chi connectivity index (χ1v) is 24.3. The first-order valence-electron chi connectivity index (χ1n) is 24.3. The number of aliphatic hydroxyl groups is 2. The lowest BCUT2D eigenvalue weighted by molar-refractivity contribution is 0.173. The summed E-state index contributed by atoms with van der Waals surface area (Å²) in [6.45, 7) is 6.44. The van der Waals surface area contributed by atoms with Crippen LogP contribution in [-0.2, 0) is 18.3 Å². The van der Waals surface area contributed by atoms with E-state index < -0.39 is 6.10 Å². The molecule has 2 aromatic heterocycles. The summed E-state index contributed by atoms with van der Waals surface area (Å²) in [5.74, 6) is 2.38. The number of hydrogen-bond donors (Lipinski definition) is 5. The molecule has 2 unspecified atom stereocenters. The number of fused-ring (bicyclic) bond motifs is 1. The van der Waals surface area contributed by atoms with Crippen molar-refractivity contribution in [2.24, 2.45) is 5.41 Å². The van der Waals surface area contributed by atoms with Crippen LogP contribution in [-0.4, -0.2) is 79.5 Å². The van der Waals surface area contributed by atoms with Crippen molar-refractivity contribution < 1.29 is 33.9 Å². The fraction of sp³-hybridized carbons (Fsp3) is 0.411. The Balaban J connectivity index is 1.09. The molecular formula is C56H65N3O8. The number of methoxy groups -OCH3 is 1. The molecule has 0 bridgehead atoms. The Labute approximate surface area is 393 Å². The van der Waals surface area contributed by atoms with E-state index in [0.717, 1.165) is 42.9 Å². The van der Waals surface area contributed by atoms with E-state index in [0.29, 0.717) is 52.9 Å². The number of hydrogen-bond acceptors (Lipinski definition) is 10. The number of nitrogens with zero attached hydrogens (tertiary/aromatic N) is 1. The van der Waals surface area contributed by atoms with Crippen LogP contribution >= 0.6 is 0 Å². The van der Waals surface area contributed by atoms with Crippen molar-refractivity contribution in [1.82, 2.24) is 10.3 Å². The smallest absolute Gasteiger partial charge is 0.204 e. The minimum absolute atomic E-state index is 0.0596. The molecule has 1 saturated heterocycles. The molecule has 1 aliphatic heterocycles. The van der Waals surface area contributed by atoms with E-state index in [9.17, 15) is 20.1 Å². The number of phenolic OH excluding ortho intramolecular Hbond substituents is 1. The van der Waals surface area contributed by atoms with Crippen molar-refractivity contribution in [2.45, 2.75) is 89.1 Å². The van der Waals surface area contributed by atoms with E-state index >= 15 is 0 Å². The molecule has 0 radical (unpaired) electrons. The molecule has 0 amide bonds. The average molecular weight is 908 g/mol. The Kier molecular flexibility index (Phi) is 14.1. The summed E-state index contributed by atoms with van der Waals surface area (Å²) in [5, 5.41) is 34.6. The molecule has 2 saturated carbocycles. The maximum Gasteiger partial charge on any atom is 0.204 e. The average Bonchev–Trinajstić information content (AvgIpc) is 4.11. The highest BCUT2D eigenvalue weighted by Gasteiger charge is 2.54. The fourth-order valence-corrected chi connectivity index (χ4v) is 11.1. The van der Waals surface area contributed by atoms with E-state index in [1.807, 2.05) is 36.4 Å². The number of ether oxygens (including phenoxy) is 3. The molecule has 11 nitrogen and oxygen atoms in total. The topological polar surface area (TPSA) is 150 Å². The van der Waals surface area contributed by atoms with Gasteiger partial charge in [-0.15, -0.1) is 0 Å². The number of aromatic hydroxyl groups is 1. The minimum atomic E-state index is -0.814. The van der Waals surface area contributed by atoms with Gasteiger partial charge in [0.1, 0.15) is 28.3 Å². The van der Waals surface area contributed by atoms with Gasteiger partial charge in [0.15, 0.2) is 16.9 Å². The second-order valence-corrected chi connectivity index (χ2v) is 18.9. The highest BCUT2D eigenvalue weighted by molar-refractivity contribution is 5.93. The molecule has 6 aromatic rings. The zero-order chi connectivity index (χ0) is 46.4. The van der Waals surface area contributed by atoms with Crippen LogP contribution in [0.1, 0.15) is 87.1 Å². The number of benzene rings is 4. The molecular weight excluding hydrogens is 843 g/mol. The number of anilines is 1. The lowest BCUT2D eigenvalue weighted by atomic mass is 9.64. The number of phenols is 1. The molecule has 67 heavy (non-hydrogen) atoms. The SMILES string of the molecule is COc1c(OCCCO)c(CCc2cccc(-c3cc(C4(C)CCCC45CCCC5)[nH]c3N3CCNCC3)c2)c2oc(-c3ccc(O)cc3)cc(=O)c2c1OCCC(O)C=Cc1ccccc1. The van der Waals surface area contributed by atoms with Gasteiger partial charge in [-0.2, -0.15) is 0 Å². The number of aromatic amines is 1. The number of aliphatic hydroxyl groups excluding tert-OH is 2. The highest BCUT2D eigenvalue weighted by Crippen LogP contribution is 2.62. The Morgan fingerprint density at radius 3 is 2.36 bits per heavy atom. The molecule has 3 heterocycles. The standard InChI is InChI=1S/C56H65N3O8/c1-55(24-9-27-56(55)25-6-7-26-56)48-36-45(54(58-48)59-30-28-57-29-31-59)41-14-8-13-39(35-41)16-22-44-50-49(46(63)37-47(67-50)40-17-20-42(61)21-18-40)52(53(64-2)51(44)65-33-10-32-60)66-34-23-43(62)19-15-38-11-4-3-5-12-38/h3-5,8,11-15,17-21,35-37,43,57-58,60-62H,6-7,9-10,16,22-34H2,1-2H3. The first-order chi connectivity index (χ1) is 32.7. The molecule has 352 valence electrons. The van der Waals surface area contributed by atoms with Gasteiger partial charge in [0.25, 0.3) is 0 Å². The normalized spacial score (nSPS) is 18.6. The van der Waals surface area contributed by atoms with Crippen LogP contribution < -0.4 is 29.9 Å². The van der Waals surface area contributed by atoms with Gasteiger partial charge in [-0.05, 0) is 91.0 Å². The third-order valence-electron chi connectivity index (χ3n) is 14.8. The summed E-state index contributed by atoms with van der Waals surface area (Å²) >= 11 is 0. The monoisotopic (exact) mass is 907 g/mol. The fourth-order valence-electron chi connectivity index (χ4n) is 11.1. The van der Waals surface area contributed by atoms with Crippen LogP contribution in [0, 0.1) is 5.41 Å². The third-order valence-corrected chi connectivity index (χ3v) is 14.8. The van der Waals surface area contributed by atoms with Gasteiger partial charge in [0, 0.05) is 79.5 Å². The third kappa shape index (κ3) is 9.60. The molecule has 2 aliphatic carbocycles. The summed E-state index contributed by atoms with van der Waals surface area (Å²) in [6.07, 6.45) is 13.4. The number of H-pyrrole nitrogens is 1. The zero-order valence-corrected chi connectivity index (χ0v) is 39.0. The summed E-state index contributed by atoms with van der Waals surface area (Å²) in [6, 6.07) is 28.9. The van der Waals surface area contributed by atoms with E-state index in [4.69, 9.17) is 18.6 Å². The van der Waals surface area contributed by atoms with Gasteiger partial charge < -0.3 is 49.1 Å². The number of rotatable bonds is 18. The largest absolute Gasteiger partial charge is 0.508 e. The van der Waals surface area contributed by atoms with Gasteiger partial charge in [0.05, 0.1) is 26.4 Å². The Morgan fingerprint density at radius 2 is 1.60 bits per heavy atom. The van der Waals surface area contributed by atoms with Gasteiger partial charge >= 0.3 is 0 Å². The maximum atomic E-state index is 14.5. The Bertz CT molecular complexity index is 2710. The summed E-state index contributed by atoms with van der Waals surface area (Å²) in [7, 11) is 1.52. The van der Waals surface area contributed by atoms with Crippen LogP contribution in [0.25, 0.3) is 39.5 Å². The Hall–Kier alpha value is -6.01. The van der Waals surface area contributed by atoms with Crippen LogP contribution in [0.4, 0.5) is 5.82 Å². The van der Waals surface area contributed by atoms with Crippen molar-refractivity contribution >= 4 is 22.9 Å². The van der Waals surface area contributed by atoms with Crippen molar-refractivity contribution in [3.05, 3.63) is 130 Å². The maximum absolute atomic E-state index is 14.5. The lowest BCUT2D eigenvalue weighted by Crippen LogP contribution is -2.44. The van der Waals surface area contributed by atoms with E-state index in [-0.39, 0.29) is 59.7 Å². The summed E-state index contributed by atoms with van der Waals surface area (Å²) in [4.78, 5) is 21.0. The minimum Gasteiger partial charge on any atom is -0.508 e. The van der Waals surface area contributed by atoms with Crippen molar-refractivity contribution in [1.29, 1.82) is 0 Å². The summed E-state index contributed by atoms with van der Waals surface area (Å²) in [5.41, 5.74) is 7.49. The van der Waals surface area contributed by atoms with Gasteiger partial charge in [-0.3, -0.25) is 4.79 Å². The van der Waals surface area contributed by atoms with Crippen molar-refractivity contribution in [3.8, 4) is 45.4 Å². The molecule has 2 atom stereocenters. The van der Waals surface area contributed by atoms with E-state index in [1.54, 1.807) is 30.3 Å². The predicted octanol–water partition coefficient (Wildman–Crippen LogP) is 9.97. The molecule has 1 spiro atoms. The number of aryl methyl sites for hydroxylation is 2. The molecule has 4 aromatic carbocycles. The van der Waals surface area contributed by atoms with Gasteiger partial charge in [-0.1, -0.05) is 92.9 Å².